The molecule has 2 aromatic heterocycles. The van der Waals surface area contributed by atoms with Gasteiger partial charge in [-0.15, -0.1) is 0 Å². The number of anilines is 2. The maximum absolute atomic E-state index is 12.3. The number of carbonyl (C=O) groups is 2. The zero-order valence-corrected chi connectivity index (χ0v) is 41.3. The van der Waals surface area contributed by atoms with Crippen molar-refractivity contribution in [2.45, 2.75) is 78.4 Å². The summed E-state index contributed by atoms with van der Waals surface area (Å²) in [7, 11) is -0.253. The number of hydrogen-bond donors (Lipinski definition) is 5. The Bertz CT molecular complexity index is 2500. The van der Waals surface area contributed by atoms with Gasteiger partial charge in [-0.2, -0.15) is 0 Å². The molecular formula is C50H70N6O6Si2. The number of rotatable bonds is 19. The van der Waals surface area contributed by atoms with Crippen LogP contribution in [0.1, 0.15) is 46.0 Å². The number of benzene rings is 4. The molecule has 2 amide bonds. The molecule has 6 aromatic rings. The quantitative estimate of drug-likeness (QED) is 0.0229. The summed E-state index contributed by atoms with van der Waals surface area (Å²) in [6, 6.07) is 29.2. The van der Waals surface area contributed by atoms with E-state index < -0.39 is 28.0 Å². The van der Waals surface area contributed by atoms with Crippen molar-refractivity contribution in [3.8, 4) is 22.3 Å². The van der Waals surface area contributed by atoms with E-state index in [9.17, 15) is 9.59 Å². The lowest BCUT2D eigenvalue weighted by molar-refractivity contribution is 0.0894. The molecule has 0 unspecified atom stereocenters. The van der Waals surface area contributed by atoms with Crippen LogP contribution in [0.4, 0.5) is 11.4 Å². The van der Waals surface area contributed by atoms with Gasteiger partial charge in [0, 0.05) is 83.0 Å². The Morgan fingerprint density at radius 3 is 1.78 bits per heavy atom. The Morgan fingerprint density at radius 2 is 1.27 bits per heavy atom. The maximum Gasteiger partial charge on any atom is 0.250 e. The van der Waals surface area contributed by atoms with E-state index >= 15 is 0 Å². The molecule has 344 valence electrons. The Labute approximate surface area is 381 Å². The molecule has 2 heterocycles. The minimum Gasteiger partial charge on any atom is -0.501 e. The second-order valence-electron chi connectivity index (χ2n) is 18.0. The van der Waals surface area contributed by atoms with E-state index in [4.69, 9.17) is 41.9 Å². The number of aromatic amines is 1. The first kappa shape index (κ1) is 51.0. The van der Waals surface area contributed by atoms with Crippen LogP contribution < -0.4 is 22.9 Å². The number of nitrogen functional groups attached to an aromatic ring is 2. The highest BCUT2D eigenvalue weighted by Crippen LogP contribution is 2.35. The molecule has 9 N–H and O–H groups in total. The van der Waals surface area contributed by atoms with Crippen molar-refractivity contribution < 1.29 is 28.5 Å². The molecule has 0 fully saturated rings. The van der Waals surface area contributed by atoms with E-state index in [0.717, 1.165) is 74.5 Å². The highest BCUT2D eigenvalue weighted by atomic mass is 28.3. The van der Waals surface area contributed by atoms with E-state index in [1.807, 2.05) is 91.2 Å². The normalized spacial score (nSPS) is 11.6. The van der Waals surface area contributed by atoms with E-state index in [1.54, 1.807) is 25.5 Å². The number of methoxy groups -OCH3 is 1. The third-order valence-corrected chi connectivity index (χ3v) is 13.8. The molecule has 0 atom stereocenters. The zero-order chi connectivity index (χ0) is 47.0. The van der Waals surface area contributed by atoms with Gasteiger partial charge < -0.3 is 51.4 Å². The summed E-state index contributed by atoms with van der Waals surface area (Å²) in [5.74, 6) is -0.923. The van der Waals surface area contributed by atoms with Crippen LogP contribution >= 0.6 is 0 Å². The lowest BCUT2D eigenvalue weighted by Crippen LogP contribution is -2.22. The average Bonchev–Trinajstić information content (AvgIpc) is 3.82. The number of aromatic nitrogens is 2. The van der Waals surface area contributed by atoms with Gasteiger partial charge in [-0.05, 0) is 103 Å². The van der Waals surface area contributed by atoms with Crippen molar-refractivity contribution in [2.75, 3.05) is 51.6 Å². The summed E-state index contributed by atoms with van der Waals surface area (Å²) < 4.78 is 23.8. The third kappa shape index (κ3) is 15.0. The highest BCUT2D eigenvalue weighted by molar-refractivity contribution is 6.76. The summed E-state index contributed by atoms with van der Waals surface area (Å²) in [4.78, 5) is 27.4. The van der Waals surface area contributed by atoms with E-state index in [-0.39, 0.29) is 0 Å². The predicted octanol–water partition coefficient (Wildman–Crippen LogP) is 10.4. The molecule has 12 nitrogen and oxygen atoms in total. The van der Waals surface area contributed by atoms with Gasteiger partial charge in [0.25, 0.3) is 11.8 Å². The summed E-state index contributed by atoms with van der Waals surface area (Å²) >= 11 is 0. The van der Waals surface area contributed by atoms with Crippen molar-refractivity contribution in [1.82, 2.24) is 9.55 Å². The molecular weight excluding hydrogens is 837 g/mol. The zero-order valence-electron chi connectivity index (χ0n) is 39.3. The maximum atomic E-state index is 12.3. The fourth-order valence-corrected chi connectivity index (χ4v) is 8.46. The van der Waals surface area contributed by atoms with Crippen LogP contribution in [-0.2, 0) is 32.1 Å². The van der Waals surface area contributed by atoms with Gasteiger partial charge >= 0.3 is 0 Å². The molecule has 0 aliphatic carbocycles. The van der Waals surface area contributed by atoms with Crippen LogP contribution in [0.25, 0.3) is 50.1 Å². The first-order chi connectivity index (χ1) is 30.4. The smallest absolute Gasteiger partial charge is 0.250 e. The monoisotopic (exact) mass is 906 g/mol. The number of nitrogens with zero attached hydrogens (tertiary/aromatic N) is 1. The summed E-state index contributed by atoms with van der Waals surface area (Å²) in [5, 5.41) is 1.88. The van der Waals surface area contributed by atoms with Crippen molar-refractivity contribution in [3.63, 3.8) is 0 Å². The molecule has 4 aromatic carbocycles. The molecule has 6 rings (SSSR count). The molecule has 0 radical (unpaired) electrons. The Kier molecular flexibility index (Phi) is 19.0. The Morgan fingerprint density at radius 1 is 0.688 bits per heavy atom. The molecule has 0 saturated heterocycles. The minimum absolute atomic E-state index is 0.320. The Hall–Kier alpha value is -5.65. The number of amides is 2. The van der Waals surface area contributed by atoms with Crippen molar-refractivity contribution in [2.24, 2.45) is 11.5 Å². The number of ether oxygens (including phenoxy) is 4. The van der Waals surface area contributed by atoms with Gasteiger partial charge in [-0.3, -0.25) is 9.59 Å². The van der Waals surface area contributed by atoms with Crippen molar-refractivity contribution in [3.05, 3.63) is 114 Å². The average molecular weight is 907 g/mol. The van der Waals surface area contributed by atoms with Crippen LogP contribution in [0.2, 0.25) is 51.4 Å². The SMILES string of the molecule is CCO/C=C/c1cc2c(-c3cccc(N)c3)ccc(C(N)=O)c2n1COCC[Si](C)(C)C.CCOCCc1cc2c(-c3cccc(N)c3)ccc(C(N)=O)c2[nH]1.COCC[Si](C)(C)C. The standard InChI is InChI=1S/C25H33N3O3Si.C19H21N3O2.C6H16OSi/c1-5-30-12-11-20-16-23-21(18-7-6-8-19(26)15-18)9-10-22(25(27)29)24(23)28(20)17-31-13-14-32(2,3)4;1-2-24-9-8-14-11-17-15(12-4-3-5-13(20)10-12)6-7-16(19(21)23)18(17)22-14;1-7-5-6-8(2,3)4/h6-12,15-16H,5,13-14,17,26H2,1-4H3,(H2,27,29);3-7,10-11,22H,2,8-9,20H2,1H3,(H2,21,23);5-6H2,1-4H3/b12-11+;;. The molecule has 0 aliphatic heterocycles. The molecule has 64 heavy (non-hydrogen) atoms. The largest absolute Gasteiger partial charge is 0.501 e. The number of nitrogens with one attached hydrogen (secondary N) is 1. The van der Waals surface area contributed by atoms with Crippen LogP contribution in [0.5, 0.6) is 0 Å². The molecule has 0 saturated carbocycles. The first-order valence-corrected chi connectivity index (χ1v) is 29.3. The number of fused-ring (bicyclic) bond motifs is 2. The van der Waals surface area contributed by atoms with Crippen molar-refractivity contribution >= 4 is 67.2 Å². The molecule has 0 spiro atoms. The predicted molar refractivity (Wildman–Crippen MR) is 272 cm³/mol. The van der Waals surface area contributed by atoms with E-state index in [2.05, 4.69) is 50.3 Å². The molecule has 14 heteroatoms. The number of hydrogen-bond acceptors (Lipinski definition) is 8. The number of primary amides is 2. The number of nitrogens with two attached hydrogens (primary N) is 4. The van der Waals surface area contributed by atoms with Gasteiger partial charge in [0.15, 0.2) is 0 Å². The number of carbonyl (C=O) groups excluding carboxylic acids is 2. The van der Waals surface area contributed by atoms with Gasteiger partial charge in [0.1, 0.15) is 6.73 Å². The topological polar surface area (TPSA) is 196 Å². The third-order valence-electron chi connectivity index (χ3n) is 10.4. The first-order valence-electron chi connectivity index (χ1n) is 21.9. The summed E-state index contributed by atoms with van der Waals surface area (Å²) in [5.41, 5.74) is 32.9. The van der Waals surface area contributed by atoms with E-state index in [1.165, 1.54) is 6.04 Å². The van der Waals surface area contributed by atoms with Crippen LogP contribution in [0.3, 0.4) is 0 Å². The van der Waals surface area contributed by atoms with Gasteiger partial charge in [-0.1, -0.05) is 75.7 Å². The fraction of sp³-hybridized carbons (Fsp3) is 0.360. The highest BCUT2D eigenvalue weighted by Gasteiger charge is 2.20. The second kappa shape index (κ2) is 23.9. The minimum atomic E-state index is -1.21. The van der Waals surface area contributed by atoms with Gasteiger partial charge in [-0.25, -0.2) is 0 Å². The van der Waals surface area contributed by atoms with Gasteiger partial charge in [0.2, 0.25) is 0 Å². The molecule has 0 aliphatic rings. The fourth-order valence-electron chi connectivity index (χ4n) is 6.89. The molecule has 0 bridgehead atoms. The number of H-pyrrole nitrogens is 1. The Balaban J connectivity index is 0.000000246. The van der Waals surface area contributed by atoms with Crippen LogP contribution in [-0.4, -0.2) is 77.7 Å². The lowest BCUT2D eigenvalue weighted by Gasteiger charge is -2.17. The van der Waals surface area contributed by atoms with E-state index in [0.29, 0.717) is 55.7 Å². The second-order valence-corrected chi connectivity index (χ2v) is 29.2. The summed E-state index contributed by atoms with van der Waals surface area (Å²) in [6.07, 6.45) is 4.30. The van der Waals surface area contributed by atoms with Crippen molar-refractivity contribution in [1.29, 1.82) is 0 Å². The summed E-state index contributed by atoms with van der Waals surface area (Å²) in [6.45, 7) is 21.7. The van der Waals surface area contributed by atoms with Crippen LogP contribution in [0, 0.1) is 0 Å². The lowest BCUT2D eigenvalue weighted by atomic mass is 9.98. The van der Waals surface area contributed by atoms with Gasteiger partial charge in [0.05, 0.1) is 41.6 Å². The van der Waals surface area contributed by atoms with Crippen LogP contribution in [0.15, 0.2) is 91.2 Å².